The molecule has 6 nitrogen and oxygen atoms in total. The minimum Gasteiger partial charge on any atom is -0.497 e. The van der Waals surface area contributed by atoms with Gasteiger partial charge >= 0.3 is 0 Å². The standard InChI is InChI=1S/C17H25NO5S/c1-21-15-3-2-4-16(13-15)24(19,20)12-9-18-7-5-14(6-8-18)17-22-10-11-23-17/h2-4,13-14,17H,5-12H2,1H3. The van der Waals surface area contributed by atoms with E-state index in [9.17, 15) is 8.42 Å². The van der Waals surface area contributed by atoms with Crippen LogP contribution in [-0.4, -0.2) is 65.3 Å². The van der Waals surface area contributed by atoms with E-state index in [2.05, 4.69) is 4.90 Å². The lowest BCUT2D eigenvalue weighted by molar-refractivity contribution is -0.0970. The molecule has 134 valence electrons. The van der Waals surface area contributed by atoms with Gasteiger partial charge in [0.1, 0.15) is 5.75 Å². The molecule has 0 amide bonds. The maximum absolute atomic E-state index is 12.5. The average Bonchev–Trinajstić information content (AvgIpc) is 3.15. The van der Waals surface area contributed by atoms with Gasteiger partial charge in [-0.15, -0.1) is 0 Å². The number of methoxy groups -OCH3 is 1. The quantitative estimate of drug-likeness (QED) is 0.771. The number of piperidine rings is 1. The number of likely N-dealkylation sites (tertiary alicyclic amines) is 1. The third kappa shape index (κ3) is 4.27. The zero-order valence-electron chi connectivity index (χ0n) is 14.0. The smallest absolute Gasteiger partial charge is 0.179 e. The molecular formula is C17H25NO5S. The molecule has 3 rings (SSSR count). The van der Waals surface area contributed by atoms with Gasteiger partial charge in [0.2, 0.25) is 0 Å². The Balaban J connectivity index is 1.50. The number of sulfone groups is 1. The van der Waals surface area contributed by atoms with E-state index >= 15 is 0 Å². The summed E-state index contributed by atoms with van der Waals surface area (Å²) in [4.78, 5) is 2.54. The molecule has 2 saturated heterocycles. The first-order valence-electron chi connectivity index (χ1n) is 8.41. The zero-order chi connectivity index (χ0) is 17.0. The van der Waals surface area contributed by atoms with Gasteiger partial charge in [-0.25, -0.2) is 8.42 Å². The molecule has 2 fully saturated rings. The maximum Gasteiger partial charge on any atom is 0.179 e. The summed E-state index contributed by atoms with van der Waals surface area (Å²) in [6, 6.07) is 6.66. The molecule has 0 aliphatic carbocycles. The summed E-state index contributed by atoms with van der Waals surface area (Å²) in [5, 5.41) is 0. The van der Waals surface area contributed by atoms with E-state index in [0.29, 0.717) is 36.3 Å². The highest BCUT2D eigenvalue weighted by Gasteiger charge is 2.30. The van der Waals surface area contributed by atoms with E-state index in [1.807, 2.05) is 0 Å². The molecule has 1 aromatic rings. The molecule has 0 bridgehead atoms. The van der Waals surface area contributed by atoms with Crippen LogP contribution in [0.2, 0.25) is 0 Å². The summed E-state index contributed by atoms with van der Waals surface area (Å²) in [7, 11) is -1.76. The van der Waals surface area contributed by atoms with E-state index in [1.165, 1.54) is 7.11 Å². The van der Waals surface area contributed by atoms with Crippen molar-refractivity contribution in [2.45, 2.75) is 24.0 Å². The first kappa shape index (κ1) is 17.7. The van der Waals surface area contributed by atoms with Gasteiger partial charge in [0.05, 0.1) is 31.0 Å². The lowest BCUT2D eigenvalue weighted by Gasteiger charge is -2.33. The molecule has 2 heterocycles. The number of benzene rings is 1. The number of ether oxygens (including phenoxy) is 3. The van der Waals surface area contributed by atoms with Gasteiger partial charge in [0.15, 0.2) is 16.1 Å². The predicted molar refractivity (Wildman–Crippen MR) is 89.9 cm³/mol. The Morgan fingerprint density at radius 1 is 1.21 bits per heavy atom. The Morgan fingerprint density at radius 3 is 2.58 bits per heavy atom. The second kappa shape index (κ2) is 7.82. The van der Waals surface area contributed by atoms with Crippen LogP contribution >= 0.6 is 0 Å². The molecule has 7 heteroatoms. The Morgan fingerprint density at radius 2 is 1.92 bits per heavy atom. The topological polar surface area (TPSA) is 65.1 Å². The average molecular weight is 355 g/mol. The van der Waals surface area contributed by atoms with Crippen LogP contribution < -0.4 is 4.74 Å². The van der Waals surface area contributed by atoms with E-state index in [4.69, 9.17) is 14.2 Å². The largest absolute Gasteiger partial charge is 0.497 e. The van der Waals surface area contributed by atoms with Crippen LogP contribution in [0.1, 0.15) is 12.8 Å². The van der Waals surface area contributed by atoms with Crippen molar-refractivity contribution in [3.05, 3.63) is 24.3 Å². The molecule has 2 aliphatic heterocycles. The Bertz CT molecular complexity index is 634. The number of hydrogen-bond acceptors (Lipinski definition) is 6. The highest BCUT2D eigenvalue weighted by atomic mass is 32.2. The normalized spacial score (nSPS) is 21.2. The van der Waals surface area contributed by atoms with E-state index < -0.39 is 9.84 Å². The summed E-state index contributed by atoms with van der Waals surface area (Å²) < 4.78 is 41.2. The molecule has 0 saturated carbocycles. The van der Waals surface area contributed by atoms with Crippen LogP contribution in [0.4, 0.5) is 0 Å². The lowest BCUT2D eigenvalue weighted by Crippen LogP contribution is -2.40. The summed E-state index contributed by atoms with van der Waals surface area (Å²) in [6.07, 6.45) is 1.92. The lowest BCUT2D eigenvalue weighted by atomic mass is 9.96. The minimum absolute atomic E-state index is 0.0623. The first-order valence-corrected chi connectivity index (χ1v) is 10.1. The number of nitrogens with zero attached hydrogens (tertiary/aromatic N) is 1. The second-order valence-corrected chi connectivity index (χ2v) is 8.40. The third-order valence-corrected chi connectivity index (χ3v) is 6.43. The van der Waals surface area contributed by atoms with Crippen LogP contribution in [-0.2, 0) is 19.3 Å². The summed E-state index contributed by atoms with van der Waals surface area (Å²) in [6.45, 7) is 3.70. The fourth-order valence-corrected chi connectivity index (χ4v) is 4.58. The van der Waals surface area contributed by atoms with Crippen LogP contribution in [0.5, 0.6) is 5.75 Å². The van der Waals surface area contributed by atoms with Crippen molar-refractivity contribution in [2.75, 3.05) is 45.7 Å². The molecule has 0 spiro atoms. The predicted octanol–water partition coefficient (Wildman–Crippen LogP) is 1.55. The van der Waals surface area contributed by atoms with Crippen molar-refractivity contribution >= 4 is 9.84 Å². The van der Waals surface area contributed by atoms with Crippen molar-refractivity contribution in [1.29, 1.82) is 0 Å². The molecular weight excluding hydrogens is 330 g/mol. The molecule has 0 unspecified atom stereocenters. The van der Waals surface area contributed by atoms with Crippen LogP contribution in [0.15, 0.2) is 29.2 Å². The number of hydrogen-bond donors (Lipinski definition) is 0. The molecule has 24 heavy (non-hydrogen) atoms. The van der Waals surface area contributed by atoms with Crippen LogP contribution in [0, 0.1) is 5.92 Å². The highest BCUT2D eigenvalue weighted by Crippen LogP contribution is 2.26. The maximum atomic E-state index is 12.5. The SMILES string of the molecule is COc1cccc(S(=O)(=O)CCN2CCC(C3OCCO3)CC2)c1. The van der Waals surface area contributed by atoms with Crippen molar-refractivity contribution < 1.29 is 22.6 Å². The van der Waals surface area contributed by atoms with Gasteiger partial charge in [0, 0.05) is 12.5 Å². The fraction of sp³-hybridized carbons (Fsp3) is 0.647. The second-order valence-electron chi connectivity index (χ2n) is 6.29. The molecule has 0 radical (unpaired) electrons. The van der Waals surface area contributed by atoms with Gasteiger partial charge in [-0.2, -0.15) is 0 Å². The molecule has 1 aromatic carbocycles. The number of rotatable bonds is 6. The zero-order valence-corrected chi connectivity index (χ0v) is 14.8. The van der Waals surface area contributed by atoms with Gasteiger partial charge in [0.25, 0.3) is 0 Å². The molecule has 2 aliphatic rings. The molecule has 0 aromatic heterocycles. The van der Waals surface area contributed by atoms with Crippen molar-refractivity contribution in [2.24, 2.45) is 5.92 Å². The van der Waals surface area contributed by atoms with Crippen LogP contribution in [0.25, 0.3) is 0 Å². The minimum atomic E-state index is -3.29. The van der Waals surface area contributed by atoms with Gasteiger partial charge < -0.3 is 19.1 Å². The molecule has 0 N–H and O–H groups in total. The Labute approximate surface area is 143 Å². The molecule has 0 atom stereocenters. The van der Waals surface area contributed by atoms with Crippen molar-refractivity contribution in [1.82, 2.24) is 4.90 Å². The fourth-order valence-electron chi connectivity index (χ4n) is 3.26. The van der Waals surface area contributed by atoms with Gasteiger partial charge in [-0.3, -0.25) is 0 Å². The third-order valence-electron chi connectivity index (χ3n) is 4.74. The van der Waals surface area contributed by atoms with Gasteiger partial charge in [-0.05, 0) is 44.1 Å². The van der Waals surface area contributed by atoms with E-state index in [0.717, 1.165) is 25.9 Å². The summed E-state index contributed by atoms with van der Waals surface area (Å²) in [5.41, 5.74) is 0. The Kier molecular flexibility index (Phi) is 5.76. The summed E-state index contributed by atoms with van der Waals surface area (Å²) >= 11 is 0. The van der Waals surface area contributed by atoms with Crippen molar-refractivity contribution in [3.63, 3.8) is 0 Å². The Hall–Kier alpha value is -1.15. The van der Waals surface area contributed by atoms with E-state index in [-0.39, 0.29) is 12.0 Å². The van der Waals surface area contributed by atoms with Crippen molar-refractivity contribution in [3.8, 4) is 5.75 Å². The first-order chi connectivity index (χ1) is 11.6. The highest BCUT2D eigenvalue weighted by molar-refractivity contribution is 7.91. The van der Waals surface area contributed by atoms with Crippen LogP contribution in [0.3, 0.4) is 0 Å². The van der Waals surface area contributed by atoms with E-state index in [1.54, 1.807) is 24.3 Å². The van der Waals surface area contributed by atoms with Gasteiger partial charge in [-0.1, -0.05) is 6.07 Å². The summed E-state index contributed by atoms with van der Waals surface area (Å²) in [5.74, 6) is 1.12. The monoisotopic (exact) mass is 355 g/mol.